The highest BCUT2D eigenvalue weighted by atomic mass is 32.2. The van der Waals surface area contributed by atoms with Crippen molar-refractivity contribution >= 4 is 23.5 Å². The number of pyridine rings is 1. The lowest BCUT2D eigenvalue weighted by Gasteiger charge is -2.32. The van der Waals surface area contributed by atoms with E-state index in [0.29, 0.717) is 23.3 Å². The third-order valence-electron chi connectivity index (χ3n) is 6.26. The predicted octanol–water partition coefficient (Wildman–Crippen LogP) is 5.65. The Kier molecular flexibility index (Phi) is 5.47. The quantitative estimate of drug-likeness (QED) is 0.384. The summed E-state index contributed by atoms with van der Waals surface area (Å²) in [5.41, 5.74) is 6.13. The molecule has 6 rings (SSSR count). The summed E-state index contributed by atoms with van der Waals surface area (Å²) >= 11 is 1.55. The molecule has 1 aliphatic heterocycles. The fourth-order valence-corrected chi connectivity index (χ4v) is 5.36. The normalized spacial score (nSPS) is 17.2. The Morgan fingerprint density at radius 3 is 2.53 bits per heavy atom. The zero-order valence-corrected chi connectivity index (χ0v) is 19.3. The molecule has 2 aliphatic rings. The molecule has 1 atom stereocenters. The molecule has 0 saturated heterocycles. The van der Waals surface area contributed by atoms with Gasteiger partial charge in [0.1, 0.15) is 6.04 Å². The van der Waals surface area contributed by atoms with Crippen LogP contribution in [-0.4, -0.2) is 25.5 Å². The number of hydrogen-bond acceptors (Lipinski definition) is 6. The van der Waals surface area contributed by atoms with Crippen molar-refractivity contribution in [2.24, 2.45) is 0 Å². The van der Waals surface area contributed by atoms with E-state index in [9.17, 15) is 4.79 Å². The molecule has 0 bridgehead atoms. The van der Waals surface area contributed by atoms with E-state index < -0.39 is 0 Å². The first-order valence-corrected chi connectivity index (χ1v) is 12.4. The lowest BCUT2D eigenvalue weighted by molar-refractivity contribution is -0.116. The third-order valence-corrected chi connectivity index (χ3v) is 7.13. The van der Waals surface area contributed by atoms with Gasteiger partial charge in [-0.2, -0.15) is 4.98 Å². The first-order chi connectivity index (χ1) is 16.8. The Morgan fingerprint density at radius 1 is 0.941 bits per heavy atom. The maximum atomic E-state index is 13.1. The molecule has 4 aromatic rings. The van der Waals surface area contributed by atoms with Crippen molar-refractivity contribution in [2.75, 3.05) is 5.32 Å². The van der Waals surface area contributed by atoms with E-state index in [0.717, 1.165) is 40.9 Å². The van der Waals surface area contributed by atoms with Crippen molar-refractivity contribution in [3.63, 3.8) is 0 Å². The van der Waals surface area contributed by atoms with Crippen LogP contribution in [0.3, 0.4) is 0 Å². The maximum Gasteiger partial charge on any atom is 0.227 e. The highest BCUT2D eigenvalue weighted by Crippen LogP contribution is 2.41. The van der Waals surface area contributed by atoms with Crippen LogP contribution in [0.1, 0.15) is 36.6 Å². The first-order valence-electron chi connectivity index (χ1n) is 11.4. The van der Waals surface area contributed by atoms with Gasteiger partial charge in [-0.05, 0) is 41.7 Å². The van der Waals surface area contributed by atoms with Gasteiger partial charge in [-0.1, -0.05) is 72.4 Å². The fourth-order valence-electron chi connectivity index (χ4n) is 4.62. The number of Topliss-reactive ketones (excluding diaryl/α,β-unsaturated/α-hetero) is 1. The Morgan fingerprint density at radius 2 is 1.74 bits per heavy atom. The number of carbonyl (C=O) groups excluding carboxylic acids is 1. The highest BCUT2D eigenvalue weighted by molar-refractivity contribution is 7.98. The third kappa shape index (κ3) is 3.92. The lowest BCUT2D eigenvalue weighted by Crippen LogP contribution is -2.31. The molecule has 2 aromatic heterocycles. The van der Waals surface area contributed by atoms with Crippen LogP contribution in [0.25, 0.3) is 11.1 Å². The van der Waals surface area contributed by atoms with Crippen LogP contribution in [0.4, 0.5) is 5.95 Å². The van der Waals surface area contributed by atoms with Crippen molar-refractivity contribution < 1.29 is 4.79 Å². The molecule has 0 fully saturated rings. The largest absolute Gasteiger partial charge is 0.328 e. The summed E-state index contributed by atoms with van der Waals surface area (Å²) in [5.74, 6) is 1.57. The minimum absolute atomic E-state index is 0.190. The van der Waals surface area contributed by atoms with Crippen molar-refractivity contribution in [1.29, 1.82) is 0 Å². The fraction of sp³-hybridized carbons (Fsp3) is 0.185. The van der Waals surface area contributed by atoms with E-state index in [-0.39, 0.29) is 11.8 Å². The Bertz CT molecular complexity index is 1360. The number of hydrogen-bond donors (Lipinski definition) is 1. The summed E-state index contributed by atoms with van der Waals surface area (Å²) < 4.78 is 1.88. The monoisotopic (exact) mass is 465 g/mol. The predicted molar refractivity (Wildman–Crippen MR) is 133 cm³/mol. The summed E-state index contributed by atoms with van der Waals surface area (Å²) in [7, 11) is 0. The molecule has 7 heteroatoms. The minimum Gasteiger partial charge on any atom is -0.328 e. The van der Waals surface area contributed by atoms with Crippen LogP contribution in [0, 0.1) is 0 Å². The van der Waals surface area contributed by atoms with Gasteiger partial charge in [0.15, 0.2) is 5.78 Å². The average molecular weight is 466 g/mol. The molecule has 0 unspecified atom stereocenters. The van der Waals surface area contributed by atoms with Crippen molar-refractivity contribution in [3.05, 3.63) is 102 Å². The summed E-state index contributed by atoms with van der Waals surface area (Å²) in [6.07, 6.45) is 4.08. The summed E-state index contributed by atoms with van der Waals surface area (Å²) in [4.78, 5) is 22.2. The molecule has 3 heterocycles. The number of carbonyl (C=O) groups is 1. The molecule has 0 saturated carbocycles. The van der Waals surface area contributed by atoms with Gasteiger partial charge in [0, 0.05) is 29.6 Å². The first kappa shape index (κ1) is 20.9. The Balaban J connectivity index is 1.36. The van der Waals surface area contributed by atoms with Crippen LogP contribution in [0.2, 0.25) is 0 Å². The second-order valence-corrected chi connectivity index (χ2v) is 9.40. The van der Waals surface area contributed by atoms with E-state index in [1.807, 2.05) is 41.1 Å². The summed E-state index contributed by atoms with van der Waals surface area (Å²) in [6, 6.07) is 24.4. The molecule has 0 amide bonds. The topological polar surface area (TPSA) is 72.7 Å². The van der Waals surface area contributed by atoms with Gasteiger partial charge >= 0.3 is 0 Å². The molecule has 0 spiro atoms. The highest BCUT2D eigenvalue weighted by Gasteiger charge is 2.36. The van der Waals surface area contributed by atoms with E-state index >= 15 is 0 Å². The van der Waals surface area contributed by atoms with Gasteiger partial charge in [-0.25, -0.2) is 4.68 Å². The van der Waals surface area contributed by atoms with E-state index in [4.69, 9.17) is 10.1 Å². The Hall–Kier alpha value is -3.71. The second kappa shape index (κ2) is 8.91. The summed E-state index contributed by atoms with van der Waals surface area (Å²) in [5, 5.41) is 8.90. The number of aromatic nitrogens is 4. The smallest absolute Gasteiger partial charge is 0.227 e. The number of rotatable bonds is 5. The molecule has 0 radical (unpaired) electrons. The van der Waals surface area contributed by atoms with Gasteiger partial charge in [0.05, 0.1) is 5.69 Å². The molecule has 1 N–H and O–H groups in total. The van der Waals surface area contributed by atoms with E-state index in [1.165, 1.54) is 5.56 Å². The van der Waals surface area contributed by atoms with Crippen molar-refractivity contribution in [2.45, 2.75) is 36.2 Å². The number of fused-ring (bicyclic) bond motifs is 1. The van der Waals surface area contributed by atoms with E-state index in [2.05, 4.69) is 46.7 Å². The van der Waals surface area contributed by atoms with Crippen molar-refractivity contribution in [1.82, 2.24) is 19.7 Å². The molecule has 34 heavy (non-hydrogen) atoms. The van der Waals surface area contributed by atoms with Crippen LogP contribution in [-0.2, 0) is 10.5 Å². The number of thioether (sulfide) groups is 1. The zero-order valence-electron chi connectivity index (χ0n) is 18.5. The molecular weight excluding hydrogens is 442 g/mol. The Labute approximate surface area is 202 Å². The van der Waals surface area contributed by atoms with Crippen LogP contribution >= 0.6 is 11.8 Å². The number of benzene rings is 2. The van der Waals surface area contributed by atoms with Crippen LogP contribution in [0.15, 0.2) is 95.4 Å². The van der Waals surface area contributed by atoms with Crippen molar-refractivity contribution in [3.8, 4) is 11.1 Å². The molecule has 2 aromatic carbocycles. The number of nitrogens with one attached hydrogen (secondary N) is 1. The second-order valence-electron chi connectivity index (χ2n) is 8.46. The summed E-state index contributed by atoms with van der Waals surface area (Å²) in [6.45, 7) is 0. The van der Waals surface area contributed by atoms with Crippen LogP contribution in [0.5, 0.6) is 0 Å². The van der Waals surface area contributed by atoms with Gasteiger partial charge in [-0.3, -0.25) is 9.78 Å². The van der Waals surface area contributed by atoms with E-state index in [1.54, 1.807) is 18.0 Å². The zero-order chi connectivity index (χ0) is 22.9. The standard InChI is InChI=1S/C27H23N5OS/c33-23-11-6-10-22-24(23)25(20-14-12-19(13-15-20)18-7-2-1-3-8-18)32-26(29-22)30-27(31-32)34-17-21-9-4-5-16-28-21/h1-5,7-9,12-16,25H,6,10-11,17H2,(H,29,30,31)/t25-/m0/s1. The number of nitrogens with zero attached hydrogens (tertiary/aromatic N) is 4. The van der Waals surface area contributed by atoms with Gasteiger partial charge < -0.3 is 5.32 Å². The average Bonchev–Trinajstić information content (AvgIpc) is 3.30. The maximum absolute atomic E-state index is 13.1. The lowest BCUT2D eigenvalue weighted by atomic mass is 9.85. The van der Waals surface area contributed by atoms with Gasteiger partial charge in [0.25, 0.3) is 0 Å². The number of allylic oxidation sites excluding steroid dienone is 2. The van der Waals surface area contributed by atoms with Gasteiger partial charge in [0.2, 0.25) is 11.1 Å². The number of anilines is 1. The molecule has 1 aliphatic carbocycles. The molecule has 6 nitrogen and oxygen atoms in total. The number of ketones is 1. The van der Waals surface area contributed by atoms with Crippen LogP contribution < -0.4 is 5.32 Å². The SMILES string of the molecule is O=C1CCCC2=C1[C@H](c1ccc(-c3ccccc3)cc1)n1nc(SCc3ccccn3)nc1N2. The molecular formula is C27H23N5OS. The molecule has 168 valence electrons. The minimum atomic E-state index is -0.277. The van der Waals surface area contributed by atoms with Gasteiger partial charge in [-0.15, -0.1) is 5.10 Å².